The van der Waals surface area contributed by atoms with Crippen LogP contribution < -0.4 is 8.92 Å². The molecule has 33 heavy (non-hydrogen) atoms. The van der Waals surface area contributed by atoms with Gasteiger partial charge in [0.25, 0.3) is 0 Å². The summed E-state index contributed by atoms with van der Waals surface area (Å²) in [7, 11) is -3.72. The highest BCUT2D eigenvalue weighted by atomic mass is 32.2. The minimum Gasteiger partial charge on any atom is -0.485 e. The van der Waals surface area contributed by atoms with Crippen molar-refractivity contribution in [2.45, 2.75) is 78.2 Å². The first kappa shape index (κ1) is 23.9. The Morgan fingerprint density at radius 1 is 1.03 bits per heavy atom. The average molecular weight is 469 g/mol. The van der Waals surface area contributed by atoms with Crippen LogP contribution in [0.15, 0.2) is 42.0 Å². The summed E-state index contributed by atoms with van der Waals surface area (Å²) in [6, 6.07) is 9.99. The van der Waals surface area contributed by atoms with Crippen molar-refractivity contribution in [1.82, 2.24) is 0 Å². The van der Waals surface area contributed by atoms with Crippen LogP contribution in [0.1, 0.15) is 92.5 Å². The van der Waals surface area contributed by atoms with Gasteiger partial charge in [-0.25, -0.2) is 0 Å². The van der Waals surface area contributed by atoms with Gasteiger partial charge in [0.15, 0.2) is 11.5 Å². The summed E-state index contributed by atoms with van der Waals surface area (Å²) in [5, 5.41) is 0. The van der Waals surface area contributed by atoms with Gasteiger partial charge in [-0.05, 0) is 74.5 Å². The minimum absolute atomic E-state index is 0.255. The Morgan fingerprint density at radius 2 is 1.73 bits per heavy atom. The first-order valence-electron chi connectivity index (χ1n) is 12.0. The van der Waals surface area contributed by atoms with Crippen molar-refractivity contribution in [3.05, 3.63) is 69.8 Å². The molecule has 4 atom stereocenters. The van der Waals surface area contributed by atoms with E-state index in [4.69, 9.17) is 8.92 Å². The lowest BCUT2D eigenvalue weighted by atomic mass is 9.62. The van der Waals surface area contributed by atoms with Gasteiger partial charge < -0.3 is 8.92 Å². The van der Waals surface area contributed by atoms with Crippen molar-refractivity contribution >= 4 is 10.1 Å². The summed E-state index contributed by atoms with van der Waals surface area (Å²) in [6.07, 6.45) is 6.75. The first-order valence-corrected chi connectivity index (χ1v) is 13.8. The van der Waals surface area contributed by atoms with Gasteiger partial charge in [-0.2, -0.15) is 8.42 Å². The molecular weight excluding hydrogens is 432 g/mol. The molecule has 178 valence electrons. The van der Waals surface area contributed by atoms with Crippen LogP contribution in [0.2, 0.25) is 0 Å². The van der Waals surface area contributed by atoms with Crippen LogP contribution in [0.3, 0.4) is 0 Å². The number of allylic oxidation sites excluding steroid dienone is 2. The predicted molar refractivity (Wildman–Crippen MR) is 134 cm³/mol. The van der Waals surface area contributed by atoms with Gasteiger partial charge in [0, 0.05) is 17.0 Å². The molecule has 0 saturated heterocycles. The van der Waals surface area contributed by atoms with E-state index in [1.54, 1.807) is 0 Å². The molecule has 2 aromatic carbocycles. The molecule has 2 unspecified atom stereocenters. The van der Waals surface area contributed by atoms with E-state index in [0.29, 0.717) is 29.9 Å². The number of rotatable bonds is 6. The molecule has 2 aliphatic rings. The van der Waals surface area contributed by atoms with Gasteiger partial charge >= 0.3 is 10.1 Å². The molecule has 0 heterocycles. The van der Waals surface area contributed by atoms with Crippen molar-refractivity contribution in [2.24, 2.45) is 5.92 Å². The summed E-state index contributed by atoms with van der Waals surface area (Å²) < 4.78 is 36.8. The quantitative estimate of drug-likeness (QED) is 0.339. The van der Waals surface area contributed by atoms with Crippen LogP contribution in [0.25, 0.3) is 0 Å². The summed E-state index contributed by atoms with van der Waals surface area (Å²) in [4.78, 5) is 0. The van der Waals surface area contributed by atoms with Crippen molar-refractivity contribution in [3.8, 4) is 11.5 Å². The van der Waals surface area contributed by atoms with E-state index >= 15 is 0 Å². The number of benzene rings is 2. The van der Waals surface area contributed by atoms with E-state index in [-0.39, 0.29) is 11.8 Å². The largest absolute Gasteiger partial charge is 0.485 e. The van der Waals surface area contributed by atoms with Crippen LogP contribution in [0.4, 0.5) is 0 Å². The maximum atomic E-state index is 12.3. The van der Waals surface area contributed by atoms with Crippen molar-refractivity contribution in [3.63, 3.8) is 0 Å². The molecule has 0 fully saturated rings. The molecule has 0 aromatic heterocycles. The summed E-state index contributed by atoms with van der Waals surface area (Å²) >= 11 is 0. The highest BCUT2D eigenvalue weighted by molar-refractivity contribution is 7.86. The fourth-order valence-electron chi connectivity index (χ4n) is 5.90. The van der Waals surface area contributed by atoms with E-state index in [2.05, 4.69) is 33.8 Å². The van der Waals surface area contributed by atoms with Crippen LogP contribution >= 0.6 is 0 Å². The van der Waals surface area contributed by atoms with Crippen molar-refractivity contribution in [2.75, 3.05) is 6.26 Å². The molecule has 0 aliphatic heterocycles. The Morgan fingerprint density at radius 3 is 2.36 bits per heavy atom. The highest BCUT2D eigenvalue weighted by Crippen LogP contribution is 2.58. The fourth-order valence-corrected chi connectivity index (χ4v) is 6.40. The van der Waals surface area contributed by atoms with Crippen LogP contribution in [0, 0.1) is 12.8 Å². The molecule has 2 aliphatic carbocycles. The lowest BCUT2D eigenvalue weighted by Crippen LogP contribution is -2.29. The van der Waals surface area contributed by atoms with Gasteiger partial charge in [0.05, 0.1) is 6.26 Å². The Labute approximate surface area is 199 Å². The Balaban J connectivity index is 1.97. The van der Waals surface area contributed by atoms with Crippen molar-refractivity contribution in [1.29, 1.82) is 0 Å². The smallest absolute Gasteiger partial charge is 0.306 e. The molecule has 0 bridgehead atoms. The molecule has 4 rings (SSSR count). The lowest BCUT2D eigenvalue weighted by molar-refractivity contribution is 0.277. The molecule has 4 nitrogen and oxygen atoms in total. The maximum absolute atomic E-state index is 12.3. The molecular formula is C28H36O4S. The normalized spacial score (nSPS) is 24.1. The second-order valence-electron chi connectivity index (χ2n) is 10.2. The minimum atomic E-state index is -3.72. The van der Waals surface area contributed by atoms with Gasteiger partial charge in [-0.15, -0.1) is 0 Å². The van der Waals surface area contributed by atoms with Gasteiger partial charge in [-0.3, -0.25) is 0 Å². The van der Waals surface area contributed by atoms with Crippen LogP contribution in [-0.2, 0) is 16.7 Å². The Kier molecular flexibility index (Phi) is 6.63. The van der Waals surface area contributed by atoms with E-state index in [9.17, 15) is 8.42 Å². The standard InChI is InChI=1S/C28H36O4S/c1-17(2)14-22-15-19(4)23-13-12-18(3)24-26(23)25(22)20(5)27(32-33(6,29)30)28(24)31-16-21-10-8-7-9-11-21/h7-11,14,18-19,22-23H,12-13,15-16H2,1-6H3/t18-,19-,22?,23?/m0/s1. The van der Waals surface area contributed by atoms with Gasteiger partial charge in [-0.1, -0.05) is 55.8 Å². The molecule has 2 aromatic rings. The molecule has 0 radical (unpaired) electrons. The summed E-state index contributed by atoms with van der Waals surface area (Å²) in [5.74, 6) is 2.55. The lowest BCUT2D eigenvalue weighted by Gasteiger charge is -2.43. The first-order chi connectivity index (χ1) is 15.6. The molecule has 0 saturated carbocycles. The second kappa shape index (κ2) is 9.17. The number of hydrogen-bond donors (Lipinski definition) is 0. The van der Waals surface area contributed by atoms with Crippen LogP contribution in [0.5, 0.6) is 11.5 Å². The highest BCUT2D eigenvalue weighted by Gasteiger charge is 2.42. The van der Waals surface area contributed by atoms with Gasteiger partial charge in [0.1, 0.15) is 6.61 Å². The molecule has 0 spiro atoms. The molecule has 0 amide bonds. The number of hydrogen-bond acceptors (Lipinski definition) is 4. The zero-order valence-corrected chi connectivity index (χ0v) is 21.5. The molecule has 5 heteroatoms. The SMILES string of the molecule is CC(C)=CC1C[C@H](C)C2CC[C@H](C)c3c(OCc4ccccc4)c(OS(C)(=O)=O)c(C)c1c32. The maximum Gasteiger partial charge on any atom is 0.306 e. The zero-order chi connectivity index (χ0) is 23.9. The average Bonchev–Trinajstić information content (AvgIpc) is 2.73. The summed E-state index contributed by atoms with van der Waals surface area (Å²) in [6.45, 7) is 11.2. The van der Waals surface area contributed by atoms with E-state index in [1.165, 1.54) is 16.7 Å². The Bertz CT molecular complexity index is 1160. The van der Waals surface area contributed by atoms with Crippen LogP contribution in [-0.4, -0.2) is 14.7 Å². The van der Waals surface area contributed by atoms with Crippen molar-refractivity contribution < 1.29 is 17.3 Å². The predicted octanol–water partition coefficient (Wildman–Crippen LogP) is 6.98. The third kappa shape index (κ3) is 4.84. The number of ether oxygens (including phenoxy) is 1. The fraction of sp³-hybridized carbons (Fsp3) is 0.500. The second-order valence-corrected chi connectivity index (χ2v) is 11.8. The van der Waals surface area contributed by atoms with E-state index in [1.807, 2.05) is 37.3 Å². The van der Waals surface area contributed by atoms with E-state index in [0.717, 1.165) is 42.2 Å². The third-order valence-electron chi connectivity index (χ3n) is 7.23. The Hall–Kier alpha value is -2.27. The third-order valence-corrected chi connectivity index (χ3v) is 7.70. The monoisotopic (exact) mass is 468 g/mol. The zero-order valence-electron chi connectivity index (χ0n) is 20.6. The van der Waals surface area contributed by atoms with E-state index < -0.39 is 10.1 Å². The molecule has 0 N–H and O–H groups in total. The topological polar surface area (TPSA) is 52.6 Å². The van der Waals surface area contributed by atoms with Gasteiger partial charge in [0.2, 0.25) is 0 Å². The summed E-state index contributed by atoms with van der Waals surface area (Å²) in [5.41, 5.74) is 7.01.